The fourth-order valence-corrected chi connectivity index (χ4v) is 1.65. The van der Waals surface area contributed by atoms with Crippen LogP contribution in [0.2, 0.25) is 0 Å². The van der Waals surface area contributed by atoms with Gasteiger partial charge in [-0.2, -0.15) is 5.26 Å². The molecular weight excluding hydrogens is 250 g/mol. The van der Waals surface area contributed by atoms with E-state index < -0.39 is 30.2 Å². The Kier molecular flexibility index (Phi) is 3.43. The average Bonchev–Trinajstić information content (AvgIpc) is 2.42. The number of hydrogen-bond acceptors (Lipinski definition) is 5. The van der Waals surface area contributed by atoms with Crippen molar-refractivity contribution in [3.63, 3.8) is 0 Å². The molecule has 0 saturated heterocycles. The van der Waals surface area contributed by atoms with Gasteiger partial charge in [0.15, 0.2) is 6.61 Å². The van der Waals surface area contributed by atoms with E-state index in [0.717, 1.165) is 4.68 Å². The van der Waals surface area contributed by atoms with Crippen LogP contribution in [0.5, 0.6) is 0 Å². The number of carbonyl (C=O) groups excluding carboxylic acids is 1. The van der Waals surface area contributed by atoms with E-state index in [1.54, 1.807) is 18.2 Å². The van der Waals surface area contributed by atoms with Crippen LogP contribution in [0.4, 0.5) is 0 Å². The molecule has 0 saturated carbocycles. The van der Waals surface area contributed by atoms with Gasteiger partial charge in [0.05, 0.1) is 10.8 Å². The Morgan fingerprint density at radius 1 is 1.32 bits per heavy atom. The van der Waals surface area contributed by atoms with Crippen LogP contribution in [0, 0.1) is 11.3 Å². The molecule has 96 valence electrons. The van der Waals surface area contributed by atoms with Crippen molar-refractivity contribution < 1.29 is 9.53 Å². The van der Waals surface area contributed by atoms with Gasteiger partial charge in [0.1, 0.15) is 12.6 Å². The molecule has 7 nitrogen and oxygen atoms in total. The third kappa shape index (κ3) is 2.52. The second-order valence-electron chi connectivity index (χ2n) is 3.70. The number of ether oxygens (including phenoxy) is 1. The number of esters is 1. The van der Waals surface area contributed by atoms with Gasteiger partial charge in [-0.3, -0.25) is 19.5 Å². The Labute approximate surface area is 106 Å². The van der Waals surface area contributed by atoms with E-state index in [2.05, 4.69) is 9.84 Å². The van der Waals surface area contributed by atoms with Crippen LogP contribution in [0.3, 0.4) is 0 Å². The minimum atomic E-state index is -0.769. The number of H-pyrrole nitrogens is 1. The molecular formula is C12H9N3O4. The second-order valence-corrected chi connectivity index (χ2v) is 3.70. The molecule has 1 aromatic carbocycles. The van der Waals surface area contributed by atoms with Gasteiger partial charge in [-0.15, -0.1) is 0 Å². The summed E-state index contributed by atoms with van der Waals surface area (Å²) in [6.07, 6.45) is 0. The maximum Gasteiger partial charge on any atom is 0.328 e. The predicted octanol–water partition coefficient (Wildman–Crippen LogP) is -0.243. The molecule has 0 fully saturated rings. The lowest BCUT2D eigenvalue weighted by Gasteiger charge is -2.05. The molecule has 0 atom stereocenters. The number of carbonyl (C=O) groups is 1. The van der Waals surface area contributed by atoms with Crippen molar-refractivity contribution >= 4 is 16.7 Å². The molecule has 0 spiro atoms. The second kappa shape index (κ2) is 5.18. The van der Waals surface area contributed by atoms with E-state index >= 15 is 0 Å². The van der Waals surface area contributed by atoms with Gasteiger partial charge in [0, 0.05) is 0 Å². The monoisotopic (exact) mass is 259 g/mol. The molecule has 1 N–H and O–H groups in total. The molecule has 0 bridgehead atoms. The summed E-state index contributed by atoms with van der Waals surface area (Å²) in [5.74, 6) is -0.769. The number of nitrogens with zero attached hydrogens (tertiary/aromatic N) is 2. The summed E-state index contributed by atoms with van der Waals surface area (Å²) >= 11 is 0. The molecule has 7 heteroatoms. The number of aromatic amines is 1. The highest BCUT2D eigenvalue weighted by Gasteiger charge is 2.10. The number of aromatic nitrogens is 2. The van der Waals surface area contributed by atoms with Crippen molar-refractivity contribution in [1.82, 2.24) is 9.78 Å². The fraction of sp³-hybridized carbons (Fsp3) is 0.167. The van der Waals surface area contributed by atoms with Gasteiger partial charge in [0.2, 0.25) is 0 Å². The normalized spacial score (nSPS) is 10.1. The summed E-state index contributed by atoms with van der Waals surface area (Å²) in [4.78, 5) is 35.1. The van der Waals surface area contributed by atoms with E-state index in [-0.39, 0.29) is 10.8 Å². The lowest BCUT2D eigenvalue weighted by Crippen LogP contribution is -2.32. The first-order chi connectivity index (χ1) is 9.13. The zero-order valence-corrected chi connectivity index (χ0v) is 9.75. The number of benzene rings is 1. The van der Waals surface area contributed by atoms with Crippen LogP contribution in [-0.2, 0) is 16.1 Å². The van der Waals surface area contributed by atoms with Crippen molar-refractivity contribution in [1.29, 1.82) is 5.26 Å². The molecule has 0 unspecified atom stereocenters. The Morgan fingerprint density at radius 2 is 2.00 bits per heavy atom. The number of fused-ring (bicyclic) bond motifs is 1. The van der Waals surface area contributed by atoms with Crippen molar-refractivity contribution in [3.05, 3.63) is 45.0 Å². The van der Waals surface area contributed by atoms with E-state index in [0.29, 0.717) is 0 Å². The van der Waals surface area contributed by atoms with Crippen molar-refractivity contribution in [2.75, 3.05) is 6.61 Å². The van der Waals surface area contributed by atoms with Crippen LogP contribution >= 0.6 is 0 Å². The minimum absolute atomic E-state index is 0.222. The van der Waals surface area contributed by atoms with Gasteiger partial charge < -0.3 is 4.74 Å². The quantitative estimate of drug-likeness (QED) is 0.765. The summed E-state index contributed by atoms with van der Waals surface area (Å²) in [6, 6.07) is 7.93. The Hall–Kier alpha value is -2.88. The smallest absolute Gasteiger partial charge is 0.328 e. The maximum absolute atomic E-state index is 12.0. The fourth-order valence-electron chi connectivity index (χ4n) is 1.65. The predicted molar refractivity (Wildman–Crippen MR) is 65.4 cm³/mol. The van der Waals surface area contributed by atoms with Crippen LogP contribution in [-0.4, -0.2) is 22.4 Å². The lowest BCUT2D eigenvalue weighted by molar-refractivity contribution is -0.143. The third-order valence-electron chi connectivity index (χ3n) is 2.47. The van der Waals surface area contributed by atoms with E-state index in [9.17, 15) is 14.4 Å². The highest BCUT2D eigenvalue weighted by Crippen LogP contribution is 2.02. The summed E-state index contributed by atoms with van der Waals surface area (Å²) < 4.78 is 5.39. The zero-order valence-electron chi connectivity index (χ0n) is 9.75. The van der Waals surface area contributed by atoms with Crippen molar-refractivity contribution in [2.45, 2.75) is 6.54 Å². The van der Waals surface area contributed by atoms with Crippen molar-refractivity contribution in [2.24, 2.45) is 0 Å². The molecule has 2 aromatic rings. The number of rotatable bonds is 3. The first-order valence-electron chi connectivity index (χ1n) is 5.38. The molecule has 0 aliphatic carbocycles. The molecule has 2 rings (SSSR count). The SMILES string of the molecule is N#CCOC(=O)Cn1[nH]c(=O)c2ccccc2c1=O. The van der Waals surface area contributed by atoms with Crippen molar-refractivity contribution in [3.8, 4) is 6.07 Å². The zero-order chi connectivity index (χ0) is 13.8. The Bertz CT molecular complexity index is 782. The molecule has 1 aromatic heterocycles. The molecule has 0 aliphatic rings. The summed E-state index contributed by atoms with van der Waals surface area (Å²) in [7, 11) is 0. The number of nitriles is 1. The van der Waals surface area contributed by atoms with Crippen LogP contribution in [0.1, 0.15) is 0 Å². The number of nitrogens with one attached hydrogen (secondary N) is 1. The van der Waals surface area contributed by atoms with Gasteiger partial charge >= 0.3 is 5.97 Å². The first-order valence-corrected chi connectivity index (χ1v) is 5.38. The third-order valence-corrected chi connectivity index (χ3v) is 2.47. The summed E-state index contributed by atoms with van der Waals surface area (Å²) in [5.41, 5.74) is -0.965. The number of hydrogen-bond donors (Lipinski definition) is 1. The minimum Gasteiger partial charge on any atom is -0.449 e. The molecule has 0 amide bonds. The van der Waals surface area contributed by atoms with Crippen LogP contribution in [0.25, 0.3) is 10.8 Å². The van der Waals surface area contributed by atoms with Gasteiger partial charge in [0.25, 0.3) is 11.1 Å². The van der Waals surface area contributed by atoms with E-state index in [1.807, 2.05) is 0 Å². The molecule has 19 heavy (non-hydrogen) atoms. The van der Waals surface area contributed by atoms with Gasteiger partial charge in [-0.1, -0.05) is 12.1 Å². The van der Waals surface area contributed by atoms with Gasteiger partial charge in [-0.25, -0.2) is 4.68 Å². The largest absolute Gasteiger partial charge is 0.449 e. The standard InChI is InChI=1S/C12H9N3O4/c13-5-6-19-10(16)7-15-12(18)9-4-2-1-3-8(9)11(17)14-15/h1-4H,6-7H2,(H,14,17). The topological polar surface area (TPSA) is 105 Å². The Morgan fingerprint density at radius 3 is 2.68 bits per heavy atom. The summed E-state index contributed by atoms with van der Waals surface area (Å²) in [5, 5.41) is 11.0. The molecule has 0 radical (unpaired) electrons. The lowest BCUT2D eigenvalue weighted by atomic mass is 10.2. The highest BCUT2D eigenvalue weighted by molar-refractivity contribution is 5.80. The average molecular weight is 259 g/mol. The Balaban J connectivity index is 2.43. The maximum atomic E-state index is 12.0. The first kappa shape index (κ1) is 12.6. The van der Waals surface area contributed by atoms with Gasteiger partial charge in [-0.05, 0) is 12.1 Å². The van der Waals surface area contributed by atoms with E-state index in [4.69, 9.17) is 5.26 Å². The highest BCUT2D eigenvalue weighted by atomic mass is 16.5. The summed E-state index contributed by atoms with van der Waals surface area (Å²) in [6.45, 7) is -0.841. The van der Waals surface area contributed by atoms with Crippen LogP contribution < -0.4 is 11.1 Å². The molecule has 0 aliphatic heterocycles. The van der Waals surface area contributed by atoms with E-state index in [1.165, 1.54) is 12.1 Å². The van der Waals surface area contributed by atoms with Crippen LogP contribution in [0.15, 0.2) is 33.9 Å². The molecule has 1 heterocycles.